The van der Waals surface area contributed by atoms with Crippen molar-refractivity contribution in [2.45, 2.75) is 154 Å². The Morgan fingerprint density at radius 1 is 1.04 bits per heavy atom. The van der Waals surface area contributed by atoms with Crippen LogP contribution in [0.4, 0.5) is 0 Å². The molecule has 0 heterocycles. The number of ether oxygens (including phenoxy) is 2. The van der Waals surface area contributed by atoms with Gasteiger partial charge in [0.2, 0.25) is 0 Å². The lowest BCUT2D eigenvalue weighted by Crippen LogP contribution is -2.40. The maximum Gasteiger partial charge on any atom is 0.186 e. The zero-order chi connectivity index (χ0) is 36.6. The van der Waals surface area contributed by atoms with Crippen molar-refractivity contribution in [3.8, 4) is 23.3 Å². The summed E-state index contributed by atoms with van der Waals surface area (Å²) in [5, 5.41) is 22.4. The first kappa shape index (κ1) is 38.4. The van der Waals surface area contributed by atoms with Gasteiger partial charge in [0.25, 0.3) is 0 Å². The molecule has 0 radical (unpaired) electrons. The van der Waals surface area contributed by atoms with Gasteiger partial charge in [-0.3, -0.25) is 4.79 Å². The number of guanidine groups is 1. The summed E-state index contributed by atoms with van der Waals surface area (Å²) in [6.07, 6.45) is 21.3. The monoisotopic (exact) mass is 713 g/mol. The van der Waals surface area contributed by atoms with Crippen LogP contribution in [0.15, 0.2) is 34.4 Å². The molecule has 0 saturated heterocycles. The number of benzene rings is 1. The first-order chi connectivity index (χ1) is 25.2. The standard InChI is InChI=1S/C44H63N3O5/c1-3-10-29(26-48)22-34(49)20-19-31-25-40(52-36-14-7-8-15-36)43(50)42-37(31)16-9-11-33(47-44(45)46)24-32-23-30-18-17-28(2)21-38(30)41(42)39(32)27-51-35-12-5-4-6-13-35/h22-23,25,28,32-33,35-36,38-39,41,48,50H,3-8,10-15,17-21,24,26-27H2,1-2H3,(H4,45,46,47)/t28-,32-,33+,38+,39+,41+/m0/s1. The van der Waals surface area contributed by atoms with E-state index in [1.165, 1.54) is 24.8 Å². The molecule has 3 saturated carbocycles. The van der Waals surface area contributed by atoms with E-state index in [4.69, 9.17) is 25.9 Å². The van der Waals surface area contributed by atoms with E-state index in [1.54, 1.807) is 6.08 Å². The van der Waals surface area contributed by atoms with Gasteiger partial charge in [-0.25, -0.2) is 4.99 Å². The third-order valence-corrected chi connectivity index (χ3v) is 12.5. The summed E-state index contributed by atoms with van der Waals surface area (Å²) in [6.45, 7) is 4.89. The summed E-state index contributed by atoms with van der Waals surface area (Å²) in [4.78, 5) is 18.0. The van der Waals surface area contributed by atoms with Crippen molar-refractivity contribution in [1.82, 2.24) is 0 Å². The van der Waals surface area contributed by atoms with Gasteiger partial charge in [0, 0.05) is 29.9 Å². The fourth-order valence-corrected chi connectivity index (χ4v) is 9.92. The summed E-state index contributed by atoms with van der Waals surface area (Å²) < 4.78 is 13.6. The molecule has 5 aliphatic carbocycles. The summed E-state index contributed by atoms with van der Waals surface area (Å²) in [6, 6.07) is 1.80. The maximum atomic E-state index is 13.3. The van der Waals surface area contributed by atoms with E-state index < -0.39 is 0 Å². The zero-order valence-corrected chi connectivity index (χ0v) is 31.7. The third-order valence-electron chi connectivity index (χ3n) is 12.5. The number of aliphatic hydroxyl groups is 1. The van der Waals surface area contributed by atoms with Gasteiger partial charge in [-0.2, -0.15) is 0 Å². The fraction of sp³-hybridized carbons (Fsp3) is 0.682. The number of hydrogen-bond acceptors (Lipinski definition) is 6. The molecule has 0 aliphatic heterocycles. The smallest absolute Gasteiger partial charge is 0.186 e. The third kappa shape index (κ3) is 9.44. The van der Waals surface area contributed by atoms with E-state index in [0.717, 1.165) is 92.9 Å². The first-order valence-electron chi connectivity index (χ1n) is 20.5. The van der Waals surface area contributed by atoms with Gasteiger partial charge in [-0.1, -0.05) is 63.0 Å². The molecule has 2 bridgehead atoms. The number of hydrogen-bond donors (Lipinski definition) is 4. The Bertz CT molecular complexity index is 1550. The molecule has 52 heavy (non-hydrogen) atoms. The molecule has 6 rings (SSSR count). The summed E-state index contributed by atoms with van der Waals surface area (Å²) in [5.41, 5.74) is 16.9. The highest BCUT2D eigenvalue weighted by Gasteiger charge is 2.46. The number of phenols is 1. The average molecular weight is 714 g/mol. The number of carbonyl (C=O) groups is 1. The number of aliphatic hydroxyl groups excluding tert-OH is 1. The molecule has 8 nitrogen and oxygen atoms in total. The number of aromatic hydroxyl groups is 1. The summed E-state index contributed by atoms with van der Waals surface area (Å²) in [7, 11) is 0. The van der Waals surface area contributed by atoms with Crippen LogP contribution in [0, 0.1) is 35.5 Å². The molecule has 6 atom stereocenters. The highest BCUT2D eigenvalue weighted by Crippen LogP contribution is 2.56. The molecule has 1 aromatic carbocycles. The lowest BCUT2D eigenvalue weighted by molar-refractivity contribution is -0.114. The minimum Gasteiger partial charge on any atom is -0.504 e. The lowest BCUT2D eigenvalue weighted by Gasteiger charge is -2.47. The number of allylic oxidation sites excluding steroid dienone is 3. The summed E-state index contributed by atoms with van der Waals surface area (Å²) >= 11 is 0. The zero-order valence-electron chi connectivity index (χ0n) is 31.7. The van der Waals surface area contributed by atoms with Gasteiger partial charge in [0.1, 0.15) is 0 Å². The topological polar surface area (TPSA) is 140 Å². The second-order valence-electron chi connectivity index (χ2n) is 16.5. The molecule has 6 N–H and O–H groups in total. The molecule has 5 aliphatic rings. The van der Waals surface area contributed by atoms with Crippen LogP contribution in [0.25, 0.3) is 0 Å². The Morgan fingerprint density at radius 3 is 2.52 bits per heavy atom. The number of aryl methyl sites for hydroxylation is 1. The van der Waals surface area contributed by atoms with Crippen molar-refractivity contribution in [2.75, 3.05) is 13.2 Å². The molecule has 0 amide bonds. The van der Waals surface area contributed by atoms with Gasteiger partial charge < -0.3 is 31.2 Å². The van der Waals surface area contributed by atoms with Crippen LogP contribution >= 0.6 is 0 Å². The number of nitrogens with zero attached hydrogens (tertiary/aromatic N) is 1. The summed E-state index contributed by atoms with van der Waals surface area (Å²) in [5.74, 6) is 8.79. The highest BCUT2D eigenvalue weighted by atomic mass is 16.5. The van der Waals surface area contributed by atoms with Crippen molar-refractivity contribution in [3.63, 3.8) is 0 Å². The number of phenolic OH excluding ortho intramolecular Hbond substituents is 1. The van der Waals surface area contributed by atoms with Crippen LogP contribution in [0.2, 0.25) is 0 Å². The minimum atomic E-state index is -0.165. The molecular weight excluding hydrogens is 651 g/mol. The second-order valence-corrected chi connectivity index (χ2v) is 16.5. The minimum absolute atomic E-state index is 0.0129. The predicted molar refractivity (Wildman–Crippen MR) is 207 cm³/mol. The second kappa shape index (κ2) is 18.2. The molecule has 0 unspecified atom stereocenters. The van der Waals surface area contributed by atoms with Crippen molar-refractivity contribution in [1.29, 1.82) is 0 Å². The van der Waals surface area contributed by atoms with E-state index >= 15 is 0 Å². The Morgan fingerprint density at radius 2 is 1.79 bits per heavy atom. The Hall–Kier alpha value is -3.28. The number of ketones is 1. The quantitative estimate of drug-likeness (QED) is 0.0539. The molecule has 8 heteroatoms. The highest BCUT2D eigenvalue weighted by molar-refractivity contribution is 5.90. The molecule has 1 aromatic rings. The van der Waals surface area contributed by atoms with E-state index in [2.05, 4.69) is 24.8 Å². The van der Waals surface area contributed by atoms with Crippen molar-refractivity contribution >= 4 is 11.7 Å². The largest absolute Gasteiger partial charge is 0.504 e. The van der Waals surface area contributed by atoms with Crippen LogP contribution in [-0.2, 0) is 16.0 Å². The molecule has 0 spiro atoms. The molecule has 3 fully saturated rings. The SMILES string of the molecule is CCCC(=CC(=O)CCc1cc(OC2CCCC2)c(O)c2c1C#CC[C@@H](N=C(N)N)C[C@@H]1C=C3CC[C@H](C)C[C@H]3[C@@H]2[C@@H]1COC1CCCCC1)CO. The van der Waals surface area contributed by atoms with Crippen molar-refractivity contribution in [2.24, 2.45) is 40.1 Å². The fourth-order valence-electron chi connectivity index (χ4n) is 9.92. The van der Waals surface area contributed by atoms with Crippen molar-refractivity contribution < 1.29 is 24.5 Å². The van der Waals surface area contributed by atoms with Gasteiger partial charge in [-0.15, -0.1) is 0 Å². The lowest BCUT2D eigenvalue weighted by atomic mass is 9.58. The van der Waals surface area contributed by atoms with Gasteiger partial charge >= 0.3 is 0 Å². The number of rotatable bonds is 13. The Kier molecular flexibility index (Phi) is 13.4. The van der Waals surface area contributed by atoms with E-state index in [9.17, 15) is 15.0 Å². The van der Waals surface area contributed by atoms with E-state index in [0.29, 0.717) is 37.5 Å². The van der Waals surface area contributed by atoms with Crippen LogP contribution < -0.4 is 16.2 Å². The maximum absolute atomic E-state index is 13.3. The normalized spacial score (nSPS) is 28.1. The number of aliphatic imine (C=N–C) groups is 1. The number of nitrogens with two attached hydrogens (primary N) is 2. The van der Waals surface area contributed by atoms with Crippen LogP contribution in [0.3, 0.4) is 0 Å². The van der Waals surface area contributed by atoms with E-state index in [1.807, 2.05) is 13.0 Å². The Balaban J connectivity index is 1.51. The van der Waals surface area contributed by atoms with Gasteiger partial charge in [-0.05, 0) is 124 Å². The number of fused-ring (bicyclic) bond motifs is 6. The average Bonchev–Trinajstić information content (AvgIpc) is 3.64. The molecular formula is C44H63N3O5. The van der Waals surface area contributed by atoms with Gasteiger partial charge in [0.15, 0.2) is 23.2 Å². The van der Waals surface area contributed by atoms with Gasteiger partial charge in [0.05, 0.1) is 31.5 Å². The predicted octanol–water partition coefficient (Wildman–Crippen LogP) is 7.76. The van der Waals surface area contributed by atoms with Crippen LogP contribution in [-0.4, -0.2) is 53.4 Å². The first-order valence-corrected chi connectivity index (χ1v) is 20.5. The molecule has 284 valence electrons. The Labute approximate surface area is 311 Å². The van der Waals surface area contributed by atoms with Crippen LogP contribution in [0.5, 0.6) is 11.5 Å². The number of carbonyl (C=O) groups excluding carboxylic acids is 1. The van der Waals surface area contributed by atoms with E-state index in [-0.39, 0.29) is 72.4 Å². The van der Waals surface area contributed by atoms with Crippen LogP contribution in [0.1, 0.15) is 146 Å². The van der Waals surface area contributed by atoms with Crippen molar-refractivity contribution in [3.05, 3.63) is 46.1 Å². The molecule has 0 aromatic heterocycles.